The predicted molar refractivity (Wildman–Crippen MR) is 59.5 cm³/mol. The Morgan fingerprint density at radius 2 is 2.47 bits per heavy atom. The van der Waals surface area contributed by atoms with Gasteiger partial charge in [-0.2, -0.15) is 0 Å². The summed E-state index contributed by atoms with van der Waals surface area (Å²) in [6.45, 7) is 0.912. The molecule has 2 rings (SSSR count). The van der Waals surface area contributed by atoms with E-state index < -0.39 is 0 Å². The molecule has 0 saturated heterocycles. The lowest BCUT2D eigenvalue weighted by Gasteiger charge is -2.12. The number of nitrogens with zero attached hydrogens (tertiary/aromatic N) is 1. The molecule has 0 bridgehead atoms. The first-order chi connectivity index (χ1) is 7.38. The van der Waals surface area contributed by atoms with E-state index in [2.05, 4.69) is 16.4 Å². The van der Waals surface area contributed by atoms with Crippen LogP contribution < -0.4 is 5.32 Å². The molecular weight excluding hydrogens is 188 g/mol. The fourth-order valence-corrected chi connectivity index (χ4v) is 2.10. The van der Waals surface area contributed by atoms with E-state index in [1.54, 1.807) is 13.3 Å². The molecule has 0 aromatic carbocycles. The maximum atomic E-state index is 5.34. The van der Waals surface area contributed by atoms with Crippen LogP contribution in [0, 0.1) is 0 Å². The van der Waals surface area contributed by atoms with E-state index in [9.17, 15) is 0 Å². The van der Waals surface area contributed by atoms with Crippen LogP contribution in [-0.2, 0) is 11.3 Å². The molecule has 2 atom stereocenters. The summed E-state index contributed by atoms with van der Waals surface area (Å²) in [6, 6.07) is 4.68. The number of ether oxygens (including phenoxy) is 1. The van der Waals surface area contributed by atoms with Crippen molar-refractivity contribution in [3.05, 3.63) is 30.1 Å². The van der Waals surface area contributed by atoms with Crippen LogP contribution in [0.2, 0.25) is 0 Å². The van der Waals surface area contributed by atoms with Gasteiger partial charge in [-0.25, -0.2) is 0 Å². The van der Waals surface area contributed by atoms with Crippen molar-refractivity contribution < 1.29 is 4.74 Å². The summed E-state index contributed by atoms with van der Waals surface area (Å²) < 4.78 is 5.34. The van der Waals surface area contributed by atoms with E-state index in [-0.39, 0.29) is 0 Å². The van der Waals surface area contributed by atoms with E-state index in [4.69, 9.17) is 4.74 Å². The fraction of sp³-hybridized carbons (Fsp3) is 0.583. The lowest BCUT2D eigenvalue weighted by molar-refractivity contribution is 0.107. The van der Waals surface area contributed by atoms with Crippen LogP contribution in [-0.4, -0.2) is 24.2 Å². The molecular formula is C12H18N2O. The first kappa shape index (κ1) is 10.6. The van der Waals surface area contributed by atoms with Crippen LogP contribution in [0.3, 0.4) is 0 Å². The number of aromatic nitrogens is 1. The molecule has 1 aromatic rings. The third-order valence-corrected chi connectivity index (χ3v) is 3.04. The van der Waals surface area contributed by atoms with Crippen LogP contribution in [0.15, 0.2) is 24.5 Å². The average Bonchev–Trinajstić information content (AvgIpc) is 2.76. The third-order valence-electron chi connectivity index (χ3n) is 3.04. The predicted octanol–water partition coefficient (Wildman–Crippen LogP) is 1.74. The second-order valence-electron chi connectivity index (χ2n) is 4.11. The standard InChI is InChI=1S/C12H18N2O/c1-15-12-5-4-11(7-12)14-9-10-3-2-6-13-8-10/h2-3,6,8,11-12,14H,4-5,7,9H2,1H3. The summed E-state index contributed by atoms with van der Waals surface area (Å²) in [5.41, 5.74) is 1.25. The molecule has 0 aliphatic heterocycles. The van der Waals surface area contributed by atoms with E-state index in [0.717, 1.165) is 13.0 Å². The van der Waals surface area contributed by atoms with Crippen molar-refractivity contribution in [2.24, 2.45) is 0 Å². The van der Waals surface area contributed by atoms with Gasteiger partial charge in [-0.05, 0) is 30.9 Å². The van der Waals surface area contributed by atoms with Crippen molar-refractivity contribution in [2.45, 2.75) is 38.0 Å². The summed E-state index contributed by atoms with van der Waals surface area (Å²) in [4.78, 5) is 4.10. The summed E-state index contributed by atoms with van der Waals surface area (Å²) in [5, 5.41) is 3.54. The maximum absolute atomic E-state index is 5.34. The van der Waals surface area contributed by atoms with Crippen molar-refractivity contribution >= 4 is 0 Å². The molecule has 1 fully saturated rings. The number of hydrogen-bond donors (Lipinski definition) is 1. The second-order valence-corrected chi connectivity index (χ2v) is 4.11. The van der Waals surface area contributed by atoms with Gasteiger partial charge in [0.05, 0.1) is 6.10 Å². The number of nitrogens with one attached hydrogen (secondary N) is 1. The van der Waals surface area contributed by atoms with Crippen molar-refractivity contribution in [2.75, 3.05) is 7.11 Å². The highest BCUT2D eigenvalue weighted by Crippen LogP contribution is 2.21. The van der Waals surface area contributed by atoms with Crippen molar-refractivity contribution in [3.8, 4) is 0 Å². The van der Waals surface area contributed by atoms with Gasteiger partial charge in [-0.3, -0.25) is 4.98 Å². The molecule has 0 amide bonds. The minimum Gasteiger partial charge on any atom is -0.381 e. The number of pyridine rings is 1. The van der Waals surface area contributed by atoms with Crippen LogP contribution in [0.4, 0.5) is 0 Å². The molecule has 3 heteroatoms. The van der Waals surface area contributed by atoms with Crippen LogP contribution in [0.5, 0.6) is 0 Å². The molecule has 1 aromatic heterocycles. The molecule has 2 unspecified atom stereocenters. The first-order valence-electron chi connectivity index (χ1n) is 5.53. The van der Waals surface area contributed by atoms with Crippen LogP contribution >= 0.6 is 0 Å². The number of rotatable bonds is 4. The Bertz CT molecular complexity index is 289. The van der Waals surface area contributed by atoms with Gasteiger partial charge >= 0.3 is 0 Å². The minimum absolute atomic E-state index is 0.455. The van der Waals surface area contributed by atoms with Gasteiger partial charge in [0.15, 0.2) is 0 Å². The first-order valence-corrected chi connectivity index (χ1v) is 5.53. The highest BCUT2D eigenvalue weighted by molar-refractivity contribution is 5.08. The Hall–Kier alpha value is -0.930. The monoisotopic (exact) mass is 206 g/mol. The molecule has 1 N–H and O–H groups in total. The lowest BCUT2D eigenvalue weighted by atomic mass is 10.2. The zero-order chi connectivity index (χ0) is 10.5. The number of hydrogen-bond acceptors (Lipinski definition) is 3. The summed E-state index contributed by atoms with van der Waals surface area (Å²) in [7, 11) is 1.80. The van der Waals surface area contributed by atoms with Crippen molar-refractivity contribution in [1.29, 1.82) is 0 Å². The maximum Gasteiger partial charge on any atom is 0.0586 e. The van der Waals surface area contributed by atoms with E-state index >= 15 is 0 Å². The lowest BCUT2D eigenvalue weighted by Crippen LogP contribution is -2.26. The van der Waals surface area contributed by atoms with Gasteiger partial charge in [0, 0.05) is 32.1 Å². The second kappa shape index (κ2) is 5.24. The molecule has 1 aliphatic rings. The van der Waals surface area contributed by atoms with E-state index in [1.807, 2.05) is 12.3 Å². The highest BCUT2D eigenvalue weighted by Gasteiger charge is 2.23. The Morgan fingerprint density at radius 3 is 3.13 bits per heavy atom. The molecule has 0 spiro atoms. The summed E-state index contributed by atoms with van der Waals surface area (Å²) >= 11 is 0. The highest BCUT2D eigenvalue weighted by atomic mass is 16.5. The van der Waals surface area contributed by atoms with Crippen molar-refractivity contribution in [1.82, 2.24) is 10.3 Å². The quantitative estimate of drug-likeness (QED) is 0.814. The fourth-order valence-electron chi connectivity index (χ4n) is 2.10. The molecule has 0 radical (unpaired) electrons. The SMILES string of the molecule is COC1CCC(NCc2cccnc2)C1. The number of methoxy groups -OCH3 is 1. The Morgan fingerprint density at radius 1 is 1.53 bits per heavy atom. The van der Waals surface area contributed by atoms with Crippen molar-refractivity contribution in [3.63, 3.8) is 0 Å². The molecule has 1 aliphatic carbocycles. The van der Waals surface area contributed by atoms with Crippen LogP contribution in [0.25, 0.3) is 0 Å². The molecule has 1 saturated carbocycles. The van der Waals surface area contributed by atoms with Gasteiger partial charge in [-0.1, -0.05) is 6.07 Å². The normalized spacial score (nSPS) is 25.7. The molecule has 15 heavy (non-hydrogen) atoms. The van der Waals surface area contributed by atoms with E-state index in [1.165, 1.54) is 18.4 Å². The smallest absolute Gasteiger partial charge is 0.0586 e. The average molecular weight is 206 g/mol. The largest absolute Gasteiger partial charge is 0.381 e. The van der Waals surface area contributed by atoms with Gasteiger partial charge in [0.2, 0.25) is 0 Å². The Balaban J connectivity index is 1.75. The summed E-state index contributed by atoms with van der Waals surface area (Å²) in [6.07, 6.45) is 7.71. The molecule has 1 heterocycles. The zero-order valence-electron chi connectivity index (χ0n) is 9.15. The van der Waals surface area contributed by atoms with Gasteiger partial charge in [0.25, 0.3) is 0 Å². The van der Waals surface area contributed by atoms with Gasteiger partial charge in [-0.15, -0.1) is 0 Å². The molecule has 82 valence electrons. The third kappa shape index (κ3) is 3.01. The van der Waals surface area contributed by atoms with Gasteiger partial charge in [0.1, 0.15) is 0 Å². The zero-order valence-corrected chi connectivity index (χ0v) is 9.15. The van der Waals surface area contributed by atoms with Crippen LogP contribution in [0.1, 0.15) is 24.8 Å². The minimum atomic E-state index is 0.455. The molecule has 3 nitrogen and oxygen atoms in total. The van der Waals surface area contributed by atoms with Gasteiger partial charge < -0.3 is 10.1 Å². The topological polar surface area (TPSA) is 34.1 Å². The Labute approximate surface area is 90.9 Å². The summed E-state index contributed by atoms with van der Waals surface area (Å²) in [5.74, 6) is 0. The Kier molecular flexibility index (Phi) is 3.69. The van der Waals surface area contributed by atoms with E-state index in [0.29, 0.717) is 12.1 Å².